The van der Waals surface area contributed by atoms with Crippen LogP contribution >= 0.6 is 15.9 Å². The molecule has 0 aliphatic carbocycles. The van der Waals surface area contributed by atoms with Crippen LogP contribution in [0.25, 0.3) is 0 Å². The Labute approximate surface area is 78.1 Å². The fourth-order valence-corrected chi connectivity index (χ4v) is 1.40. The third-order valence-corrected chi connectivity index (χ3v) is 1.85. The van der Waals surface area contributed by atoms with E-state index in [9.17, 15) is 8.40 Å². The Morgan fingerprint density at radius 1 is 1.64 bits per heavy atom. The molecule has 0 aliphatic heterocycles. The van der Waals surface area contributed by atoms with E-state index in [1.54, 1.807) is 0 Å². The molecule has 0 spiro atoms. The zero-order valence-electron chi connectivity index (χ0n) is 5.57. The maximum atomic E-state index is 9.89. The fourth-order valence-electron chi connectivity index (χ4n) is 0.452. The van der Waals surface area contributed by atoms with Gasteiger partial charge in [-0.25, -0.2) is 0 Å². The van der Waals surface area contributed by atoms with Crippen LogP contribution in [-0.2, 0) is 3.83 Å². The summed E-state index contributed by atoms with van der Waals surface area (Å²) in [5.74, 6) is 0. The van der Waals surface area contributed by atoms with E-state index in [1.807, 2.05) is 0 Å². The van der Waals surface area contributed by atoms with Gasteiger partial charge in [0.2, 0.25) is 0 Å². The summed E-state index contributed by atoms with van der Waals surface area (Å²) in [7, 11) is 0. The maximum Gasteiger partial charge on any atom is 0.436 e. The van der Waals surface area contributed by atoms with Gasteiger partial charge in [0.05, 0.1) is 11.1 Å². The highest BCUT2D eigenvalue weighted by Gasteiger charge is 2.16. The van der Waals surface area contributed by atoms with E-state index in [0.717, 1.165) is 0 Å². The molecule has 0 aromatic heterocycles. The van der Waals surface area contributed by atoms with E-state index in [1.165, 1.54) is 0 Å². The molecule has 2 atom stereocenters. The van der Waals surface area contributed by atoms with Crippen molar-refractivity contribution in [1.29, 1.82) is 0 Å². The summed E-state index contributed by atoms with van der Waals surface area (Å²) in [5.41, 5.74) is 5.25. The van der Waals surface area contributed by atoms with Crippen LogP contribution in [0.5, 0.6) is 0 Å². The zero-order chi connectivity index (χ0) is 8.85. The van der Waals surface area contributed by atoms with Gasteiger partial charge in [-0.2, -0.15) is 0 Å². The van der Waals surface area contributed by atoms with Crippen LogP contribution < -0.4 is 14.1 Å². The molecule has 5 nitrogen and oxygen atoms in total. The lowest BCUT2D eigenvalue weighted by molar-refractivity contribution is -1.63. The van der Waals surface area contributed by atoms with Gasteiger partial charge in [-0.15, -0.1) is 0 Å². The van der Waals surface area contributed by atoms with Crippen LogP contribution in [0.2, 0.25) is 0 Å². The van der Waals surface area contributed by atoms with Crippen molar-refractivity contribution in [2.24, 2.45) is 5.73 Å². The lowest BCUT2D eigenvalue weighted by atomic mass is 10.3. The maximum absolute atomic E-state index is 9.89. The Morgan fingerprint density at radius 3 is 2.55 bits per heavy atom. The highest BCUT2D eigenvalue weighted by molar-refractivity contribution is 9.09. The molecular weight excluding hydrogens is 286 g/mol. The summed E-state index contributed by atoms with van der Waals surface area (Å²) in [6.45, 7) is -0.221. The van der Waals surface area contributed by atoms with Gasteiger partial charge in [-0.1, -0.05) is 15.9 Å². The second-order valence-electron chi connectivity index (χ2n) is 1.87. The van der Waals surface area contributed by atoms with Crippen molar-refractivity contribution in [2.45, 2.75) is 17.5 Å². The SMILES string of the molecule is NC(Br)CC(O)CO[Br+2]([O-])[O-]. The number of aliphatic hydroxyl groups is 1. The average molecular weight is 295 g/mol. The summed E-state index contributed by atoms with van der Waals surface area (Å²) in [6.07, 6.45) is -0.580. The van der Waals surface area contributed by atoms with Crippen LogP contribution in [0, 0.1) is 14.8 Å². The van der Waals surface area contributed by atoms with Crippen LogP contribution in [0.1, 0.15) is 6.42 Å². The predicted octanol–water partition coefficient (Wildman–Crippen LogP) is -2.48. The molecule has 11 heavy (non-hydrogen) atoms. The first kappa shape index (κ1) is 11.8. The van der Waals surface area contributed by atoms with Crippen molar-refractivity contribution in [3.63, 3.8) is 0 Å². The van der Waals surface area contributed by atoms with Gasteiger partial charge in [0.1, 0.15) is 0 Å². The zero-order valence-corrected chi connectivity index (χ0v) is 8.75. The Balaban J connectivity index is 3.29. The molecule has 68 valence electrons. The minimum atomic E-state index is -3.20. The number of nitrogens with two attached hydrogens (primary N) is 1. The first-order chi connectivity index (χ1) is 5.02. The molecule has 3 N–H and O–H groups in total. The number of halogens is 2. The number of alkyl halides is 1. The van der Waals surface area contributed by atoms with Gasteiger partial charge in [0, 0.05) is 6.42 Å². The molecule has 0 amide bonds. The van der Waals surface area contributed by atoms with Gasteiger partial charge >= 0.3 is 14.8 Å². The fraction of sp³-hybridized carbons (Fsp3) is 1.00. The third-order valence-electron chi connectivity index (χ3n) is 0.842. The lowest BCUT2D eigenvalue weighted by Gasteiger charge is -2.07. The molecule has 0 fully saturated rings. The van der Waals surface area contributed by atoms with Crippen molar-refractivity contribution in [3.8, 4) is 0 Å². The third kappa shape index (κ3) is 8.67. The standard InChI is InChI=1S/C4H9Br2NO4/c5-4(7)1-3(8)2-11-6(9)10/h3-4,8H,1-2,7H2. The molecule has 0 saturated heterocycles. The number of hydrogen-bond donors (Lipinski definition) is 2. The predicted molar refractivity (Wildman–Crippen MR) is 33.5 cm³/mol. The Bertz CT molecular complexity index is 102. The largest absolute Gasteiger partial charge is 0.436 e. The van der Waals surface area contributed by atoms with Gasteiger partial charge < -0.3 is 19.2 Å². The number of hydrogen-bond acceptors (Lipinski definition) is 5. The number of rotatable bonds is 5. The minimum Gasteiger partial charge on any atom is -0.390 e. The van der Waals surface area contributed by atoms with Crippen molar-refractivity contribution < 1.29 is 32.1 Å². The summed E-state index contributed by atoms with van der Waals surface area (Å²) < 4.78 is 24.0. The molecule has 0 aliphatic rings. The first-order valence-electron chi connectivity index (χ1n) is 2.79. The van der Waals surface area contributed by atoms with Crippen LogP contribution in [0.3, 0.4) is 0 Å². The molecule has 0 aromatic rings. The molecule has 2 unspecified atom stereocenters. The Kier molecular flexibility index (Phi) is 6.73. The van der Waals surface area contributed by atoms with Gasteiger partial charge in [0.25, 0.3) is 0 Å². The minimum absolute atomic E-state index is 0.221. The lowest BCUT2D eigenvalue weighted by Crippen LogP contribution is -2.37. The van der Waals surface area contributed by atoms with Crippen molar-refractivity contribution in [1.82, 2.24) is 0 Å². The summed E-state index contributed by atoms with van der Waals surface area (Å²) in [5, 5.41) is 8.97. The van der Waals surface area contributed by atoms with E-state index in [-0.39, 0.29) is 18.0 Å². The van der Waals surface area contributed by atoms with Crippen molar-refractivity contribution in [3.05, 3.63) is 0 Å². The van der Waals surface area contributed by atoms with E-state index >= 15 is 0 Å². The van der Waals surface area contributed by atoms with Gasteiger partial charge in [-0.05, 0) is 3.83 Å². The summed E-state index contributed by atoms with van der Waals surface area (Å²) >= 11 is -0.204. The first-order valence-corrected chi connectivity index (χ1v) is 5.64. The van der Waals surface area contributed by atoms with E-state index in [4.69, 9.17) is 10.8 Å². The smallest absolute Gasteiger partial charge is 0.390 e. The molecule has 0 saturated carbocycles. The highest BCUT2D eigenvalue weighted by Crippen LogP contribution is 2.02. The van der Waals surface area contributed by atoms with E-state index in [2.05, 4.69) is 19.8 Å². The summed E-state index contributed by atoms with van der Waals surface area (Å²) in [6, 6.07) is 0. The van der Waals surface area contributed by atoms with Crippen LogP contribution in [0.15, 0.2) is 0 Å². The molecule has 7 heteroatoms. The average Bonchev–Trinajstić information content (AvgIpc) is 1.82. The molecular formula is C4H9Br2NO4. The topological polar surface area (TPSA) is 102 Å². The Morgan fingerprint density at radius 2 is 2.18 bits per heavy atom. The van der Waals surface area contributed by atoms with Gasteiger partial charge in [-0.3, -0.25) is 0 Å². The van der Waals surface area contributed by atoms with E-state index in [0.29, 0.717) is 0 Å². The van der Waals surface area contributed by atoms with Crippen LogP contribution in [-0.4, -0.2) is 22.8 Å². The second-order valence-corrected chi connectivity index (χ2v) is 4.30. The number of aliphatic hydroxyl groups excluding tert-OH is 1. The molecule has 0 heterocycles. The van der Waals surface area contributed by atoms with Gasteiger partial charge in [0.15, 0.2) is 6.61 Å². The molecule has 0 bridgehead atoms. The quantitative estimate of drug-likeness (QED) is 0.432. The van der Waals surface area contributed by atoms with E-state index < -0.39 is 20.9 Å². The van der Waals surface area contributed by atoms with Crippen molar-refractivity contribution >= 4 is 15.9 Å². The Hall–Kier alpha value is 0.760. The summed E-state index contributed by atoms with van der Waals surface area (Å²) in [4.78, 5) is -0.338. The van der Waals surface area contributed by atoms with Crippen LogP contribution in [0.4, 0.5) is 0 Å². The normalized spacial score (nSPS) is 16.9. The monoisotopic (exact) mass is 293 g/mol. The molecule has 0 radical (unpaired) electrons. The molecule has 0 rings (SSSR count). The van der Waals surface area contributed by atoms with Crippen molar-refractivity contribution in [2.75, 3.05) is 6.61 Å². The molecule has 0 aromatic carbocycles. The second kappa shape index (κ2) is 6.30. The highest BCUT2D eigenvalue weighted by atomic mass is 80.0.